The highest BCUT2D eigenvalue weighted by molar-refractivity contribution is 5.93. The average Bonchev–Trinajstić information content (AvgIpc) is 2.92. The summed E-state index contributed by atoms with van der Waals surface area (Å²) in [4.78, 5) is 31.2. The van der Waals surface area contributed by atoms with Crippen LogP contribution in [0.2, 0.25) is 0 Å². The van der Waals surface area contributed by atoms with E-state index in [1.54, 1.807) is 19.1 Å². The van der Waals surface area contributed by atoms with Gasteiger partial charge in [-0.1, -0.05) is 12.1 Å². The van der Waals surface area contributed by atoms with E-state index in [0.29, 0.717) is 13.0 Å². The zero-order valence-electron chi connectivity index (χ0n) is 13.8. The van der Waals surface area contributed by atoms with Gasteiger partial charge < -0.3 is 14.9 Å². The van der Waals surface area contributed by atoms with Crippen LogP contribution in [0.25, 0.3) is 11.0 Å². The third kappa shape index (κ3) is 3.08. The van der Waals surface area contributed by atoms with Crippen LogP contribution in [-0.2, 0) is 13.0 Å². The van der Waals surface area contributed by atoms with Crippen molar-refractivity contribution in [3.63, 3.8) is 0 Å². The lowest BCUT2D eigenvalue weighted by atomic mass is 10.2. The molecule has 0 aliphatic heterocycles. The molecule has 0 aliphatic rings. The number of amides is 1. The van der Waals surface area contributed by atoms with Gasteiger partial charge in [0.05, 0.1) is 11.0 Å². The summed E-state index contributed by atoms with van der Waals surface area (Å²) in [6, 6.07) is 11.2. The summed E-state index contributed by atoms with van der Waals surface area (Å²) in [6.45, 7) is 5.09. The summed E-state index contributed by atoms with van der Waals surface area (Å²) in [7, 11) is 0. The van der Waals surface area contributed by atoms with Crippen LogP contribution in [0.5, 0.6) is 0 Å². The summed E-state index contributed by atoms with van der Waals surface area (Å²) in [6.07, 6.45) is 0.609. The SMILES string of the molecule is CCn1c(CCNC(=O)c2ccc(C)[nH]c2=O)nc2ccccc21. The second-order valence-electron chi connectivity index (χ2n) is 5.65. The third-order valence-electron chi connectivity index (χ3n) is 3.98. The number of pyridine rings is 1. The largest absolute Gasteiger partial charge is 0.351 e. The van der Waals surface area contributed by atoms with Crippen molar-refractivity contribution < 1.29 is 4.79 Å². The molecule has 124 valence electrons. The maximum atomic E-state index is 12.1. The van der Waals surface area contributed by atoms with E-state index in [1.807, 2.05) is 24.3 Å². The van der Waals surface area contributed by atoms with Crippen molar-refractivity contribution >= 4 is 16.9 Å². The van der Waals surface area contributed by atoms with Gasteiger partial charge in [-0.2, -0.15) is 0 Å². The first kappa shape index (κ1) is 16.0. The van der Waals surface area contributed by atoms with E-state index in [-0.39, 0.29) is 17.0 Å². The Bertz CT molecular complexity index is 940. The highest BCUT2D eigenvalue weighted by atomic mass is 16.2. The topological polar surface area (TPSA) is 79.8 Å². The number of carbonyl (C=O) groups is 1. The van der Waals surface area contributed by atoms with Gasteiger partial charge in [-0.25, -0.2) is 4.98 Å². The van der Waals surface area contributed by atoms with Crippen LogP contribution >= 0.6 is 0 Å². The monoisotopic (exact) mass is 324 g/mol. The van der Waals surface area contributed by atoms with Gasteiger partial charge in [-0.05, 0) is 38.1 Å². The summed E-state index contributed by atoms with van der Waals surface area (Å²) < 4.78 is 2.14. The van der Waals surface area contributed by atoms with Crippen molar-refractivity contribution in [2.45, 2.75) is 26.8 Å². The van der Waals surface area contributed by atoms with E-state index in [1.165, 1.54) is 0 Å². The zero-order chi connectivity index (χ0) is 17.1. The van der Waals surface area contributed by atoms with Crippen molar-refractivity contribution in [1.29, 1.82) is 0 Å². The van der Waals surface area contributed by atoms with Crippen molar-refractivity contribution in [2.24, 2.45) is 0 Å². The molecule has 3 rings (SSSR count). The molecule has 0 atom stereocenters. The molecule has 1 aromatic carbocycles. The van der Waals surface area contributed by atoms with Crippen LogP contribution in [-0.4, -0.2) is 27.0 Å². The third-order valence-corrected chi connectivity index (χ3v) is 3.98. The maximum absolute atomic E-state index is 12.1. The van der Waals surface area contributed by atoms with E-state index in [9.17, 15) is 9.59 Å². The summed E-state index contributed by atoms with van der Waals surface area (Å²) >= 11 is 0. The zero-order valence-corrected chi connectivity index (χ0v) is 13.8. The first-order chi connectivity index (χ1) is 11.6. The standard InChI is InChI=1S/C18H20N4O2/c1-3-22-15-7-5-4-6-14(15)21-16(22)10-11-19-17(23)13-9-8-12(2)20-18(13)24/h4-9H,3,10-11H2,1-2H3,(H,19,23)(H,20,24). The molecule has 0 fully saturated rings. The van der Waals surface area contributed by atoms with Crippen LogP contribution in [0.1, 0.15) is 28.8 Å². The molecule has 1 amide bonds. The van der Waals surface area contributed by atoms with Crippen molar-refractivity contribution in [3.05, 3.63) is 63.8 Å². The van der Waals surface area contributed by atoms with E-state index in [4.69, 9.17) is 0 Å². The molecule has 0 spiro atoms. The number of H-pyrrole nitrogens is 1. The predicted octanol–water partition coefficient (Wildman–Crippen LogP) is 2.03. The van der Waals surface area contributed by atoms with Gasteiger partial charge >= 0.3 is 0 Å². The van der Waals surface area contributed by atoms with Crippen LogP contribution in [0.15, 0.2) is 41.2 Å². The Morgan fingerprint density at radius 3 is 2.79 bits per heavy atom. The molecule has 2 aromatic heterocycles. The fraction of sp³-hybridized carbons (Fsp3) is 0.278. The molecule has 0 bridgehead atoms. The highest BCUT2D eigenvalue weighted by Crippen LogP contribution is 2.16. The van der Waals surface area contributed by atoms with Gasteiger partial charge in [0.1, 0.15) is 11.4 Å². The van der Waals surface area contributed by atoms with Gasteiger partial charge in [0.15, 0.2) is 0 Å². The summed E-state index contributed by atoms with van der Waals surface area (Å²) in [5.41, 5.74) is 2.54. The minimum atomic E-state index is -0.367. The van der Waals surface area contributed by atoms with Gasteiger partial charge in [0.25, 0.3) is 11.5 Å². The molecular formula is C18H20N4O2. The van der Waals surface area contributed by atoms with Crippen molar-refractivity contribution in [3.8, 4) is 0 Å². The Hall–Kier alpha value is -2.89. The van der Waals surface area contributed by atoms with Gasteiger partial charge in [0, 0.05) is 25.2 Å². The Morgan fingerprint density at radius 1 is 1.25 bits per heavy atom. The highest BCUT2D eigenvalue weighted by Gasteiger charge is 2.12. The molecule has 0 saturated heterocycles. The maximum Gasteiger partial charge on any atom is 0.260 e. The minimum Gasteiger partial charge on any atom is -0.351 e. The number of para-hydroxylation sites is 2. The quantitative estimate of drug-likeness (QED) is 0.753. The number of hydrogen-bond acceptors (Lipinski definition) is 3. The number of nitrogens with zero attached hydrogens (tertiary/aromatic N) is 2. The molecule has 6 nitrogen and oxygen atoms in total. The second kappa shape index (κ2) is 6.70. The van der Waals surface area contributed by atoms with Crippen LogP contribution in [0, 0.1) is 6.92 Å². The number of benzene rings is 1. The van der Waals surface area contributed by atoms with Gasteiger partial charge in [-0.3, -0.25) is 9.59 Å². The van der Waals surface area contributed by atoms with E-state index in [2.05, 4.69) is 26.8 Å². The number of aromatic amines is 1. The van der Waals surface area contributed by atoms with Crippen molar-refractivity contribution in [1.82, 2.24) is 19.9 Å². The lowest BCUT2D eigenvalue weighted by molar-refractivity contribution is 0.0952. The normalized spacial score (nSPS) is 10.9. The predicted molar refractivity (Wildman–Crippen MR) is 93.2 cm³/mol. The lowest BCUT2D eigenvalue weighted by Gasteiger charge is -2.07. The fourth-order valence-corrected chi connectivity index (χ4v) is 2.80. The number of carbonyl (C=O) groups excluding carboxylic acids is 1. The number of imidazole rings is 1. The molecule has 24 heavy (non-hydrogen) atoms. The van der Waals surface area contributed by atoms with E-state index in [0.717, 1.165) is 29.1 Å². The first-order valence-corrected chi connectivity index (χ1v) is 8.02. The van der Waals surface area contributed by atoms with Crippen LogP contribution in [0.3, 0.4) is 0 Å². The Kier molecular flexibility index (Phi) is 4.46. The molecule has 2 heterocycles. The molecule has 6 heteroatoms. The second-order valence-corrected chi connectivity index (χ2v) is 5.65. The summed E-state index contributed by atoms with van der Waals surface area (Å²) in [5.74, 6) is 0.562. The fourth-order valence-electron chi connectivity index (χ4n) is 2.80. The van der Waals surface area contributed by atoms with Gasteiger partial charge in [0.2, 0.25) is 0 Å². The number of nitrogens with one attached hydrogen (secondary N) is 2. The Morgan fingerprint density at radius 2 is 2.04 bits per heavy atom. The molecular weight excluding hydrogens is 304 g/mol. The first-order valence-electron chi connectivity index (χ1n) is 8.02. The number of hydrogen-bond donors (Lipinski definition) is 2. The van der Waals surface area contributed by atoms with Crippen molar-refractivity contribution in [2.75, 3.05) is 6.54 Å². The minimum absolute atomic E-state index is 0.129. The number of fused-ring (bicyclic) bond motifs is 1. The number of aromatic nitrogens is 3. The van der Waals surface area contributed by atoms with E-state index >= 15 is 0 Å². The van der Waals surface area contributed by atoms with Crippen LogP contribution in [0.4, 0.5) is 0 Å². The van der Waals surface area contributed by atoms with Crippen LogP contribution < -0.4 is 10.9 Å². The molecule has 0 saturated carbocycles. The molecule has 0 unspecified atom stereocenters. The van der Waals surface area contributed by atoms with E-state index < -0.39 is 0 Å². The molecule has 3 aromatic rings. The Labute approximate surface area is 139 Å². The average molecular weight is 324 g/mol. The molecule has 2 N–H and O–H groups in total. The molecule has 0 radical (unpaired) electrons. The summed E-state index contributed by atoms with van der Waals surface area (Å²) in [5, 5.41) is 2.79. The number of aryl methyl sites for hydroxylation is 2. The number of rotatable bonds is 5. The van der Waals surface area contributed by atoms with Gasteiger partial charge in [-0.15, -0.1) is 0 Å². The molecule has 0 aliphatic carbocycles. The lowest BCUT2D eigenvalue weighted by Crippen LogP contribution is -2.31. The smallest absolute Gasteiger partial charge is 0.260 e. The Balaban J connectivity index is 1.70.